The van der Waals surface area contributed by atoms with Crippen LogP contribution in [-0.2, 0) is 34.6 Å². The molecule has 0 bridgehead atoms. The minimum Gasteiger partial charge on any atom is -0.459 e. The lowest BCUT2D eigenvalue weighted by molar-refractivity contribution is -0.169. The van der Waals surface area contributed by atoms with Crippen molar-refractivity contribution in [1.29, 1.82) is 0 Å². The highest BCUT2D eigenvalue weighted by atomic mass is 32.2. The molecule has 8 heteroatoms. The average Bonchev–Trinajstić information content (AvgIpc) is 3.22. The topological polar surface area (TPSA) is 102 Å². The monoisotopic (exact) mass is 410 g/mol. The van der Waals surface area contributed by atoms with Crippen molar-refractivity contribution in [1.82, 2.24) is 0 Å². The van der Waals surface area contributed by atoms with E-state index < -0.39 is 57.1 Å². The predicted molar refractivity (Wildman–Crippen MR) is 98.6 cm³/mol. The van der Waals surface area contributed by atoms with Crippen molar-refractivity contribution in [2.75, 3.05) is 12.0 Å². The van der Waals surface area contributed by atoms with Crippen molar-refractivity contribution >= 4 is 22.7 Å². The fraction of sp³-hybridized carbons (Fsp3) is 0.800. The summed E-state index contributed by atoms with van der Waals surface area (Å²) < 4.78 is 29.5. The molecular formula is C20H26O7S. The maximum atomic E-state index is 12.8. The summed E-state index contributed by atoms with van der Waals surface area (Å²) >= 11 is 0. The molecule has 2 saturated heterocycles. The fourth-order valence-electron chi connectivity index (χ4n) is 6.87. The first kappa shape index (κ1) is 18.8. The Kier molecular flexibility index (Phi) is 3.53. The van der Waals surface area contributed by atoms with E-state index in [-0.39, 0.29) is 17.6 Å². The van der Waals surface area contributed by atoms with Crippen LogP contribution in [0.1, 0.15) is 40.0 Å². The zero-order valence-electron chi connectivity index (χ0n) is 16.5. The van der Waals surface area contributed by atoms with Crippen LogP contribution in [0.4, 0.5) is 0 Å². The molecule has 1 spiro atoms. The molecule has 3 aliphatic heterocycles. The van der Waals surface area contributed by atoms with Gasteiger partial charge in [0.25, 0.3) is 0 Å². The van der Waals surface area contributed by atoms with Crippen molar-refractivity contribution < 1.29 is 33.1 Å². The van der Waals surface area contributed by atoms with Gasteiger partial charge in [0.15, 0.2) is 11.7 Å². The van der Waals surface area contributed by atoms with Crippen LogP contribution in [0.2, 0.25) is 0 Å². The number of aliphatic hydroxyl groups is 1. The third-order valence-electron chi connectivity index (χ3n) is 7.77. The fourth-order valence-corrected chi connectivity index (χ4v) is 7.84. The SMILES string of the molecule is C[S@](=O)C[C@](C)(O)[C@H]1OC(=O)C=C2[C@@]13O[C@@H]3[C@H]1OC(=O)[C@@]3(C)CCC[C@@]2(C)[C@@H]13. The van der Waals surface area contributed by atoms with Crippen LogP contribution in [0.3, 0.4) is 0 Å². The Bertz CT molecular complexity index is 849. The Balaban J connectivity index is 1.66. The molecule has 0 unspecified atom stereocenters. The van der Waals surface area contributed by atoms with Gasteiger partial charge in [0.1, 0.15) is 17.8 Å². The standard InChI is InChI=1S/C20H26O7S/c1-17-6-5-7-18(2)13(17)12(26-16(18)22)14-20(27-14)10(17)8-11(21)25-15(20)19(3,23)9-28(4)24/h8,12-15,23H,5-7,9H2,1-4H3/t12-,13+,14+,15+,17+,18-,19-,20-,28-/m0/s1. The van der Waals surface area contributed by atoms with Gasteiger partial charge in [0.05, 0.1) is 11.2 Å². The van der Waals surface area contributed by atoms with Gasteiger partial charge in [-0.1, -0.05) is 13.3 Å². The third kappa shape index (κ3) is 2.04. The Morgan fingerprint density at radius 2 is 1.93 bits per heavy atom. The molecule has 3 heterocycles. The Labute approximate surface area is 166 Å². The van der Waals surface area contributed by atoms with E-state index in [0.29, 0.717) is 0 Å². The highest BCUT2D eigenvalue weighted by Gasteiger charge is 2.84. The molecule has 2 saturated carbocycles. The summed E-state index contributed by atoms with van der Waals surface area (Å²) in [6.07, 6.45) is 3.53. The van der Waals surface area contributed by atoms with E-state index >= 15 is 0 Å². The molecule has 5 rings (SSSR count). The summed E-state index contributed by atoms with van der Waals surface area (Å²) in [5, 5.41) is 11.1. The molecule has 0 aromatic carbocycles. The lowest BCUT2D eigenvalue weighted by Gasteiger charge is -2.54. The first-order chi connectivity index (χ1) is 13.0. The maximum absolute atomic E-state index is 12.8. The van der Waals surface area contributed by atoms with Crippen LogP contribution >= 0.6 is 0 Å². The van der Waals surface area contributed by atoms with E-state index in [4.69, 9.17) is 14.2 Å². The van der Waals surface area contributed by atoms with E-state index in [1.165, 1.54) is 19.3 Å². The van der Waals surface area contributed by atoms with Gasteiger partial charge in [0, 0.05) is 29.0 Å². The van der Waals surface area contributed by atoms with Gasteiger partial charge in [-0.2, -0.15) is 0 Å². The lowest BCUT2D eigenvalue weighted by Crippen LogP contribution is -2.64. The van der Waals surface area contributed by atoms with Gasteiger partial charge < -0.3 is 19.3 Å². The first-order valence-corrected chi connectivity index (χ1v) is 11.5. The predicted octanol–water partition coefficient (Wildman–Crippen LogP) is 0.857. The molecule has 7 nitrogen and oxygen atoms in total. The molecule has 1 N–H and O–H groups in total. The van der Waals surface area contributed by atoms with Crippen LogP contribution in [-0.4, -0.2) is 62.8 Å². The highest BCUT2D eigenvalue weighted by Crippen LogP contribution is 2.73. The number of rotatable bonds is 3. The minimum atomic E-state index is -1.53. The molecule has 0 radical (unpaired) electrons. The zero-order valence-corrected chi connectivity index (χ0v) is 17.3. The van der Waals surface area contributed by atoms with Gasteiger partial charge in [-0.05, 0) is 37.7 Å². The maximum Gasteiger partial charge on any atom is 0.331 e. The molecule has 28 heavy (non-hydrogen) atoms. The molecule has 0 aromatic rings. The largest absolute Gasteiger partial charge is 0.459 e. The number of cyclic esters (lactones) is 1. The smallest absolute Gasteiger partial charge is 0.331 e. The van der Waals surface area contributed by atoms with Gasteiger partial charge >= 0.3 is 11.9 Å². The minimum absolute atomic E-state index is 0.0433. The summed E-state index contributed by atoms with van der Waals surface area (Å²) in [5.74, 6) is -0.856. The third-order valence-corrected chi connectivity index (χ3v) is 8.76. The molecule has 4 fully saturated rings. The quantitative estimate of drug-likeness (QED) is 0.544. The van der Waals surface area contributed by atoms with E-state index in [0.717, 1.165) is 24.8 Å². The van der Waals surface area contributed by atoms with Crippen molar-refractivity contribution in [3.05, 3.63) is 11.6 Å². The number of fused-ring (bicyclic) bond motifs is 2. The number of carbonyl (C=O) groups is 2. The van der Waals surface area contributed by atoms with Gasteiger partial charge in [-0.15, -0.1) is 0 Å². The number of hydrogen-bond acceptors (Lipinski definition) is 7. The molecule has 5 aliphatic rings. The van der Waals surface area contributed by atoms with Gasteiger partial charge in [-0.25, -0.2) is 4.79 Å². The van der Waals surface area contributed by atoms with E-state index in [1.807, 2.05) is 6.92 Å². The summed E-state index contributed by atoms with van der Waals surface area (Å²) in [4.78, 5) is 25.3. The normalized spacial score (nSPS) is 51.5. The Morgan fingerprint density at radius 1 is 1.25 bits per heavy atom. The second kappa shape index (κ2) is 5.26. The van der Waals surface area contributed by atoms with E-state index in [9.17, 15) is 18.9 Å². The van der Waals surface area contributed by atoms with Crippen LogP contribution < -0.4 is 0 Å². The van der Waals surface area contributed by atoms with E-state index in [2.05, 4.69) is 6.92 Å². The summed E-state index contributed by atoms with van der Waals surface area (Å²) in [5.41, 5.74) is -2.81. The van der Waals surface area contributed by atoms with Crippen LogP contribution in [0.25, 0.3) is 0 Å². The molecule has 154 valence electrons. The number of hydrogen-bond donors (Lipinski definition) is 1. The van der Waals surface area contributed by atoms with Crippen molar-refractivity contribution in [3.63, 3.8) is 0 Å². The zero-order chi connectivity index (χ0) is 20.3. The Morgan fingerprint density at radius 3 is 2.61 bits per heavy atom. The van der Waals surface area contributed by atoms with Gasteiger partial charge in [0.2, 0.25) is 0 Å². The van der Waals surface area contributed by atoms with Crippen LogP contribution in [0.15, 0.2) is 11.6 Å². The summed E-state index contributed by atoms with van der Waals surface area (Å²) in [7, 11) is -1.29. The average molecular weight is 410 g/mol. The van der Waals surface area contributed by atoms with Gasteiger partial charge in [-0.3, -0.25) is 9.00 Å². The number of epoxide rings is 1. The van der Waals surface area contributed by atoms with Crippen molar-refractivity contribution in [3.8, 4) is 0 Å². The molecule has 2 aliphatic carbocycles. The Hall–Kier alpha value is -1.25. The van der Waals surface area contributed by atoms with Crippen LogP contribution in [0, 0.1) is 16.7 Å². The molecular weight excluding hydrogens is 384 g/mol. The number of carbonyl (C=O) groups excluding carboxylic acids is 2. The van der Waals surface area contributed by atoms with E-state index in [1.54, 1.807) is 0 Å². The molecule has 9 atom stereocenters. The highest BCUT2D eigenvalue weighted by molar-refractivity contribution is 7.84. The van der Waals surface area contributed by atoms with Crippen molar-refractivity contribution in [2.24, 2.45) is 16.7 Å². The first-order valence-electron chi connectivity index (χ1n) is 9.81. The summed E-state index contributed by atoms with van der Waals surface area (Å²) in [6, 6.07) is 0. The second-order valence-electron chi connectivity index (χ2n) is 9.82. The van der Waals surface area contributed by atoms with Crippen LogP contribution in [0.5, 0.6) is 0 Å². The number of esters is 2. The molecule has 0 amide bonds. The molecule has 0 aromatic heterocycles. The van der Waals surface area contributed by atoms with Crippen molar-refractivity contribution in [2.45, 2.75) is 69.5 Å². The summed E-state index contributed by atoms with van der Waals surface area (Å²) in [6.45, 7) is 5.57. The lowest BCUT2D eigenvalue weighted by atomic mass is 9.47. The second-order valence-corrected chi connectivity index (χ2v) is 11.3. The number of ether oxygens (including phenoxy) is 3.